The monoisotopic (exact) mass is 401 g/mol. The number of hydrogen-bond acceptors (Lipinski definition) is 2. The first-order valence-electron chi connectivity index (χ1n) is 7.78. The molecule has 0 aliphatic heterocycles. The van der Waals surface area contributed by atoms with E-state index in [0.29, 0.717) is 0 Å². The molecule has 28 heavy (non-hydrogen) atoms. The van der Waals surface area contributed by atoms with Gasteiger partial charge in [-0.05, 0) is 36.4 Å². The largest absolute Gasteiger partial charge is 0.481 e. The Labute approximate surface area is 156 Å². The van der Waals surface area contributed by atoms with Crippen molar-refractivity contribution in [3.63, 3.8) is 0 Å². The third-order valence-electron chi connectivity index (χ3n) is 3.39. The molecule has 2 rings (SSSR count). The predicted molar refractivity (Wildman–Crippen MR) is 88.5 cm³/mol. The standard InChI is InChI=1S/C19H13F6NO2/c20-18(21,22)14-6-3-5-13(11-14)17(27)26-9-1-2-10-28-16-8-4-7-15(12-16)19(23,24)25/h3-8,11-12H,9-10H2,(H,26,27). The molecular formula is C19H13F6NO2. The molecule has 2 aromatic rings. The second kappa shape index (κ2) is 8.69. The first kappa shape index (κ1) is 21.2. The predicted octanol–water partition coefficient (Wildman–Crippen LogP) is 4.54. The van der Waals surface area contributed by atoms with Crippen LogP contribution < -0.4 is 10.1 Å². The van der Waals surface area contributed by atoms with Crippen LogP contribution in [0.25, 0.3) is 0 Å². The van der Waals surface area contributed by atoms with Gasteiger partial charge in [-0.1, -0.05) is 24.0 Å². The first-order valence-corrected chi connectivity index (χ1v) is 7.78. The molecule has 0 bridgehead atoms. The molecule has 0 aliphatic carbocycles. The van der Waals surface area contributed by atoms with E-state index in [-0.39, 0.29) is 24.5 Å². The molecule has 0 aliphatic rings. The Hall–Kier alpha value is -3.15. The Bertz CT molecular complexity index is 894. The van der Waals surface area contributed by atoms with Crippen molar-refractivity contribution in [1.82, 2.24) is 5.32 Å². The number of alkyl halides is 6. The van der Waals surface area contributed by atoms with Gasteiger partial charge in [0.25, 0.3) is 5.91 Å². The summed E-state index contributed by atoms with van der Waals surface area (Å²) in [4.78, 5) is 11.8. The molecule has 3 nitrogen and oxygen atoms in total. The van der Waals surface area contributed by atoms with Gasteiger partial charge in [0, 0.05) is 5.56 Å². The fourth-order valence-electron chi connectivity index (χ4n) is 2.06. The minimum Gasteiger partial charge on any atom is -0.481 e. The molecule has 1 N–H and O–H groups in total. The summed E-state index contributed by atoms with van der Waals surface area (Å²) >= 11 is 0. The quantitative estimate of drug-likeness (QED) is 0.604. The number of nitrogens with one attached hydrogen (secondary N) is 1. The van der Waals surface area contributed by atoms with Crippen LogP contribution in [0.3, 0.4) is 0 Å². The van der Waals surface area contributed by atoms with Crippen molar-refractivity contribution >= 4 is 5.91 Å². The average Bonchev–Trinajstić information content (AvgIpc) is 2.63. The van der Waals surface area contributed by atoms with Gasteiger partial charge in [-0.3, -0.25) is 4.79 Å². The lowest BCUT2D eigenvalue weighted by Gasteiger charge is -2.08. The zero-order chi connectivity index (χ0) is 20.8. The normalized spacial score (nSPS) is 11.4. The summed E-state index contributed by atoms with van der Waals surface area (Å²) in [6.07, 6.45) is -9.05. The average molecular weight is 401 g/mol. The van der Waals surface area contributed by atoms with Gasteiger partial charge >= 0.3 is 12.4 Å². The van der Waals surface area contributed by atoms with Crippen LogP contribution in [0.4, 0.5) is 26.3 Å². The van der Waals surface area contributed by atoms with Crippen LogP contribution in [0, 0.1) is 11.8 Å². The smallest absolute Gasteiger partial charge is 0.416 e. The Morgan fingerprint density at radius 2 is 1.50 bits per heavy atom. The summed E-state index contributed by atoms with van der Waals surface area (Å²) in [5.41, 5.74) is -1.97. The van der Waals surface area contributed by atoms with E-state index in [0.717, 1.165) is 30.3 Å². The maximum absolute atomic E-state index is 12.6. The van der Waals surface area contributed by atoms with Crippen molar-refractivity contribution in [2.75, 3.05) is 13.2 Å². The number of amides is 1. The summed E-state index contributed by atoms with van der Waals surface area (Å²) in [5.74, 6) is 4.23. The first-order chi connectivity index (χ1) is 13.1. The van der Waals surface area contributed by atoms with Gasteiger partial charge in [-0.25, -0.2) is 0 Å². The van der Waals surface area contributed by atoms with E-state index in [1.807, 2.05) is 0 Å². The summed E-state index contributed by atoms with van der Waals surface area (Å²) < 4.78 is 80.7. The van der Waals surface area contributed by atoms with E-state index in [4.69, 9.17) is 4.74 Å². The van der Waals surface area contributed by atoms with E-state index in [1.54, 1.807) is 0 Å². The lowest BCUT2D eigenvalue weighted by molar-refractivity contribution is -0.138. The SMILES string of the molecule is O=C(NCC#CCOc1cccc(C(F)(F)F)c1)c1cccc(C(F)(F)F)c1. The van der Waals surface area contributed by atoms with Gasteiger partial charge in [0.2, 0.25) is 0 Å². The number of carbonyl (C=O) groups is 1. The van der Waals surface area contributed by atoms with Gasteiger partial charge in [0.1, 0.15) is 12.4 Å². The molecule has 0 saturated carbocycles. The minimum atomic E-state index is -4.56. The number of ether oxygens (including phenoxy) is 1. The topological polar surface area (TPSA) is 38.3 Å². The lowest BCUT2D eigenvalue weighted by atomic mass is 10.1. The second-order valence-corrected chi connectivity index (χ2v) is 5.43. The molecule has 0 heterocycles. The summed E-state index contributed by atoms with van der Waals surface area (Å²) in [6.45, 7) is -0.387. The van der Waals surface area contributed by atoms with Gasteiger partial charge < -0.3 is 10.1 Å². The van der Waals surface area contributed by atoms with Crippen molar-refractivity contribution in [3.8, 4) is 17.6 Å². The lowest BCUT2D eigenvalue weighted by Crippen LogP contribution is -2.24. The molecule has 0 fully saturated rings. The molecule has 148 valence electrons. The Morgan fingerprint density at radius 1 is 0.893 bits per heavy atom. The van der Waals surface area contributed by atoms with Crippen LogP contribution in [-0.2, 0) is 12.4 Å². The van der Waals surface area contributed by atoms with Crippen LogP contribution in [0.2, 0.25) is 0 Å². The third-order valence-corrected chi connectivity index (χ3v) is 3.39. The Morgan fingerprint density at radius 3 is 2.14 bits per heavy atom. The maximum Gasteiger partial charge on any atom is 0.416 e. The molecule has 0 unspecified atom stereocenters. The number of rotatable bonds is 4. The van der Waals surface area contributed by atoms with E-state index in [2.05, 4.69) is 17.2 Å². The maximum atomic E-state index is 12.6. The summed E-state index contributed by atoms with van der Waals surface area (Å²) in [6, 6.07) is 8.19. The Kier molecular flexibility index (Phi) is 6.57. The van der Waals surface area contributed by atoms with E-state index >= 15 is 0 Å². The molecule has 0 spiro atoms. The Balaban J connectivity index is 1.84. The highest BCUT2D eigenvalue weighted by Gasteiger charge is 2.31. The van der Waals surface area contributed by atoms with Crippen LogP contribution in [0.5, 0.6) is 5.75 Å². The van der Waals surface area contributed by atoms with Crippen molar-refractivity contribution < 1.29 is 35.9 Å². The van der Waals surface area contributed by atoms with Gasteiger partial charge in [0.15, 0.2) is 0 Å². The van der Waals surface area contributed by atoms with Crippen molar-refractivity contribution in [2.24, 2.45) is 0 Å². The highest BCUT2D eigenvalue weighted by atomic mass is 19.4. The second-order valence-electron chi connectivity index (χ2n) is 5.43. The van der Waals surface area contributed by atoms with Crippen LogP contribution in [0.1, 0.15) is 21.5 Å². The van der Waals surface area contributed by atoms with Crippen molar-refractivity contribution in [3.05, 3.63) is 65.2 Å². The molecule has 9 heteroatoms. The van der Waals surface area contributed by atoms with Gasteiger partial charge in [0.05, 0.1) is 17.7 Å². The highest BCUT2D eigenvalue weighted by Crippen LogP contribution is 2.31. The number of hydrogen-bond donors (Lipinski definition) is 1. The summed E-state index contributed by atoms with van der Waals surface area (Å²) in [5, 5.41) is 2.32. The van der Waals surface area contributed by atoms with Crippen LogP contribution in [-0.4, -0.2) is 19.1 Å². The molecular weight excluding hydrogens is 388 g/mol. The molecule has 1 amide bonds. The van der Waals surface area contributed by atoms with Crippen LogP contribution >= 0.6 is 0 Å². The molecule has 0 saturated heterocycles. The van der Waals surface area contributed by atoms with Gasteiger partial charge in [-0.15, -0.1) is 0 Å². The third kappa shape index (κ3) is 6.23. The fraction of sp³-hybridized carbons (Fsp3) is 0.211. The number of benzene rings is 2. The van der Waals surface area contributed by atoms with E-state index in [9.17, 15) is 31.1 Å². The zero-order valence-corrected chi connectivity index (χ0v) is 14.1. The van der Waals surface area contributed by atoms with E-state index < -0.39 is 29.4 Å². The van der Waals surface area contributed by atoms with Crippen molar-refractivity contribution in [2.45, 2.75) is 12.4 Å². The molecule has 0 atom stereocenters. The zero-order valence-electron chi connectivity index (χ0n) is 14.1. The van der Waals surface area contributed by atoms with Gasteiger partial charge in [-0.2, -0.15) is 26.3 Å². The van der Waals surface area contributed by atoms with Crippen LogP contribution in [0.15, 0.2) is 48.5 Å². The molecule has 2 aromatic carbocycles. The molecule has 0 aromatic heterocycles. The molecule has 0 radical (unpaired) electrons. The fourth-order valence-corrected chi connectivity index (χ4v) is 2.06. The van der Waals surface area contributed by atoms with E-state index in [1.165, 1.54) is 18.2 Å². The minimum absolute atomic E-state index is 0.0165. The highest BCUT2D eigenvalue weighted by molar-refractivity contribution is 5.94. The summed E-state index contributed by atoms with van der Waals surface area (Å²) in [7, 11) is 0. The number of halogens is 6. The van der Waals surface area contributed by atoms with Crippen molar-refractivity contribution in [1.29, 1.82) is 0 Å². The number of carbonyl (C=O) groups excluding carboxylic acids is 1.